The number of nitrogens with one attached hydrogen (secondary N) is 1. The molecule has 1 N–H and O–H groups in total. The maximum atomic E-state index is 12.3. The monoisotopic (exact) mass is 316 g/mol. The molecule has 0 unspecified atom stereocenters. The van der Waals surface area contributed by atoms with Crippen molar-refractivity contribution in [3.05, 3.63) is 72.4 Å². The minimum absolute atomic E-state index is 0.0359. The minimum atomic E-state index is -0.308. The van der Waals surface area contributed by atoms with Crippen LogP contribution in [0.15, 0.2) is 71.3 Å². The average molecular weight is 316 g/mol. The Morgan fingerprint density at radius 2 is 1.75 bits per heavy atom. The maximum Gasteiger partial charge on any atom is 0.322 e. The highest BCUT2D eigenvalue weighted by atomic mass is 16.4. The number of carbonyl (C=O) groups excluding carboxylic acids is 1. The van der Waals surface area contributed by atoms with Crippen molar-refractivity contribution in [2.24, 2.45) is 0 Å². The van der Waals surface area contributed by atoms with Crippen LogP contribution in [-0.2, 0) is 0 Å². The second kappa shape index (κ2) is 5.92. The van der Waals surface area contributed by atoms with Crippen LogP contribution in [0.3, 0.4) is 0 Å². The molecule has 0 saturated heterocycles. The Hall–Kier alpha value is -3.54. The molecular formula is C18H12N4O2. The molecule has 2 heterocycles. The number of hydrogen-bond acceptors (Lipinski definition) is 5. The number of nitrogens with zero attached hydrogens (tertiary/aromatic N) is 3. The molecular weight excluding hydrogens is 304 g/mol. The molecule has 0 saturated carbocycles. The zero-order valence-electron chi connectivity index (χ0n) is 12.5. The van der Waals surface area contributed by atoms with Gasteiger partial charge in [0.25, 0.3) is 11.8 Å². The van der Waals surface area contributed by atoms with Crippen LogP contribution >= 0.6 is 0 Å². The summed E-state index contributed by atoms with van der Waals surface area (Å²) in [5.74, 6) is -0.0543. The predicted octanol–water partition coefficient (Wildman–Crippen LogP) is 3.54. The van der Waals surface area contributed by atoms with Crippen molar-refractivity contribution in [3.8, 4) is 11.6 Å². The van der Waals surface area contributed by atoms with Crippen molar-refractivity contribution in [1.82, 2.24) is 15.2 Å². The summed E-state index contributed by atoms with van der Waals surface area (Å²) in [6.45, 7) is 0. The van der Waals surface area contributed by atoms with Gasteiger partial charge in [0, 0.05) is 11.8 Å². The summed E-state index contributed by atoms with van der Waals surface area (Å²) in [5, 5.41) is 12.4. The molecule has 6 nitrogen and oxygen atoms in total. The molecule has 1 amide bonds. The molecule has 6 heteroatoms. The Morgan fingerprint density at radius 3 is 2.58 bits per heavy atom. The van der Waals surface area contributed by atoms with Gasteiger partial charge in [-0.15, -0.1) is 5.10 Å². The lowest BCUT2D eigenvalue weighted by atomic mass is 10.1. The third kappa shape index (κ3) is 2.72. The first-order valence-electron chi connectivity index (χ1n) is 7.35. The molecule has 0 fully saturated rings. The molecule has 116 valence electrons. The average Bonchev–Trinajstić information content (AvgIpc) is 3.10. The molecule has 2 aromatic carbocycles. The number of fused-ring (bicyclic) bond motifs is 1. The van der Waals surface area contributed by atoms with Crippen LogP contribution in [0, 0.1) is 0 Å². The summed E-state index contributed by atoms with van der Waals surface area (Å²) in [5.41, 5.74) is 1.07. The highest BCUT2D eigenvalue weighted by Gasteiger charge is 2.13. The molecule has 4 rings (SSSR count). The zero-order valence-corrected chi connectivity index (χ0v) is 12.5. The van der Waals surface area contributed by atoms with E-state index in [2.05, 4.69) is 20.5 Å². The van der Waals surface area contributed by atoms with Crippen molar-refractivity contribution in [2.45, 2.75) is 0 Å². The van der Waals surface area contributed by atoms with Gasteiger partial charge >= 0.3 is 6.01 Å². The first-order chi connectivity index (χ1) is 11.8. The van der Waals surface area contributed by atoms with Crippen LogP contribution in [0.1, 0.15) is 10.4 Å². The normalized spacial score (nSPS) is 10.7. The highest BCUT2D eigenvalue weighted by molar-refractivity contribution is 6.05. The summed E-state index contributed by atoms with van der Waals surface area (Å²) >= 11 is 0. The Kier molecular flexibility index (Phi) is 3.47. The van der Waals surface area contributed by atoms with Crippen LogP contribution in [0.2, 0.25) is 0 Å². The third-order valence-electron chi connectivity index (χ3n) is 3.54. The van der Waals surface area contributed by atoms with Crippen molar-refractivity contribution in [2.75, 3.05) is 5.32 Å². The SMILES string of the molecule is O=C(Nc1nnc(-c2ccccn2)o1)c1ccc2ccccc2c1. The fourth-order valence-corrected chi connectivity index (χ4v) is 2.37. The maximum absolute atomic E-state index is 12.3. The van der Waals surface area contributed by atoms with Gasteiger partial charge in [0.1, 0.15) is 5.69 Å². The molecule has 0 radical (unpaired) electrons. The molecule has 2 aromatic heterocycles. The lowest BCUT2D eigenvalue weighted by molar-refractivity contribution is 0.102. The van der Waals surface area contributed by atoms with Crippen LogP contribution < -0.4 is 5.32 Å². The summed E-state index contributed by atoms with van der Waals surface area (Å²) in [4.78, 5) is 16.5. The molecule has 0 atom stereocenters. The van der Waals surface area contributed by atoms with E-state index in [1.165, 1.54) is 0 Å². The van der Waals surface area contributed by atoms with Gasteiger partial charge < -0.3 is 4.42 Å². The van der Waals surface area contributed by atoms with Crippen molar-refractivity contribution >= 4 is 22.7 Å². The molecule has 24 heavy (non-hydrogen) atoms. The summed E-state index contributed by atoms with van der Waals surface area (Å²) < 4.78 is 5.43. The highest BCUT2D eigenvalue weighted by Crippen LogP contribution is 2.19. The van der Waals surface area contributed by atoms with E-state index in [1.807, 2.05) is 42.5 Å². The largest absolute Gasteiger partial charge is 0.401 e. The Morgan fingerprint density at radius 1 is 0.917 bits per heavy atom. The smallest absolute Gasteiger partial charge is 0.322 e. The van der Waals surface area contributed by atoms with Gasteiger partial charge in [-0.1, -0.05) is 41.5 Å². The number of carbonyl (C=O) groups is 1. The lowest BCUT2D eigenvalue weighted by Crippen LogP contribution is -2.12. The van der Waals surface area contributed by atoms with Crippen LogP contribution in [-0.4, -0.2) is 21.1 Å². The topological polar surface area (TPSA) is 80.9 Å². The summed E-state index contributed by atoms with van der Waals surface area (Å²) in [7, 11) is 0. The summed E-state index contributed by atoms with van der Waals surface area (Å²) in [6.07, 6.45) is 1.63. The lowest BCUT2D eigenvalue weighted by Gasteiger charge is -2.03. The van der Waals surface area contributed by atoms with E-state index in [4.69, 9.17) is 4.42 Å². The number of pyridine rings is 1. The van der Waals surface area contributed by atoms with E-state index in [-0.39, 0.29) is 17.8 Å². The third-order valence-corrected chi connectivity index (χ3v) is 3.54. The molecule has 0 aliphatic heterocycles. The van der Waals surface area contributed by atoms with E-state index in [9.17, 15) is 4.79 Å². The number of rotatable bonds is 3. The van der Waals surface area contributed by atoms with E-state index < -0.39 is 0 Å². The van der Waals surface area contributed by atoms with Crippen molar-refractivity contribution in [1.29, 1.82) is 0 Å². The van der Waals surface area contributed by atoms with E-state index >= 15 is 0 Å². The molecule has 0 aliphatic rings. The molecule has 4 aromatic rings. The van der Waals surface area contributed by atoms with Gasteiger partial charge in [-0.05, 0) is 35.0 Å². The van der Waals surface area contributed by atoms with Crippen molar-refractivity contribution < 1.29 is 9.21 Å². The van der Waals surface area contributed by atoms with Crippen LogP contribution in [0.25, 0.3) is 22.4 Å². The molecule has 0 spiro atoms. The van der Waals surface area contributed by atoms with Gasteiger partial charge in [-0.3, -0.25) is 15.1 Å². The second-order valence-corrected chi connectivity index (χ2v) is 5.14. The van der Waals surface area contributed by atoms with E-state index in [0.717, 1.165) is 10.8 Å². The van der Waals surface area contributed by atoms with E-state index in [0.29, 0.717) is 11.3 Å². The number of benzene rings is 2. The van der Waals surface area contributed by atoms with Gasteiger partial charge in [0.2, 0.25) is 0 Å². The van der Waals surface area contributed by atoms with Gasteiger partial charge in [0.05, 0.1) is 0 Å². The Labute approximate surface area is 137 Å². The standard InChI is InChI=1S/C18H12N4O2/c23-16(14-9-8-12-5-1-2-6-13(12)11-14)20-18-22-21-17(24-18)15-7-3-4-10-19-15/h1-11H,(H,20,22,23). The fourth-order valence-electron chi connectivity index (χ4n) is 2.37. The van der Waals surface area contributed by atoms with Gasteiger partial charge in [0.15, 0.2) is 0 Å². The Bertz CT molecular complexity index is 1010. The van der Waals surface area contributed by atoms with Crippen LogP contribution in [0.4, 0.5) is 6.01 Å². The summed E-state index contributed by atoms with van der Waals surface area (Å²) in [6, 6.07) is 18.7. The van der Waals surface area contributed by atoms with Crippen LogP contribution in [0.5, 0.6) is 0 Å². The van der Waals surface area contributed by atoms with Gasteiger partial charge in [-0.2, -0.15) is 0 Å². The number of aromatic nitrogens is 3. The number of hydrogen-bond donors (Lipinski definition) is 1. The minimum Gasteiger partial charge on any atom is -0.401 e. The van der Waals surface area contributed by atoms with Gasteiger partial charge in [-0.25, -0.2) is 0 Å². The number of amides is 1. The molecule has 0 aliphatic carbocycles. The zero-order chi connectivity index (χ0) is 16.4. The molecule has 0 bridgehead atoms. The first-order valence-corrected chi connectivity index (χ1v) is 7.35. The number of anilines is 1. The first kappa shape index (κ1) is 14.1. The fraction of sp³-hybridized carbons (Fsp3) is 0. The van der Waals surface area contributed by atoms with Crippen molar-refractivity contribution in [3.63, 3.8) is 0 Å². The predicted molar refractivity (Wildman–Crippen MR) is 89.4 cm³/mol. The second-order valence-electron chi connectivity index (χ2n) is 5.14. The Balaban J connectivity index is 1.56. The van der Waals surface area contributed by atoms with E-state index in [1.54, 1.807) is 24.4 Å². The quantitative estimate of drug-likeness (QED) is 0.625.